The van der Waals surface area contributed by atoms with Gasteiger partial charge in [0.25, 0.3) is 5.91 Å². The average molecular weight is 257 g/mol. The zero-order valence-electron chi connectivity index (χ0n) is 10.00. The lowest BCUT2D eigenvalue weighted by atomic mass is 10.1. The number of carbonyl (C=O) groups excluding carboxylic acids is 1. The number of nitrogens with two attached hydrogens (primary N) is 1. The molecule has 1 atom stereocenters. The lowest BCUT2D eigenvalue weighted by molar-refractivity contribution is 0.0695. The van der Waals surface area contributed by atoms with Gasteiger partial charge in [0.05, 0.1) is 22.4 Å². The molecule has 0 saturated heterocycles. The van der Waals surface area contributed by atoms with E-state index in [-0.39, 0.29) is 12.0 Å². The first-order chi connectivity index (χ1) is 8.06. The number of hydrogen-bond acceptors (Lipinski definition) is 3. The Labute approximate surface area is 106 Å². The molecular weight excluding hydrogens is 240 g/mol. The number of ether oxygens (including phenoxy) is 1. The van der Waals surface area contributed by atoms with E-state index in [9.17, 15) is 4.79 Å². The molecule has 1 aromatic carbocycles. The monoisotopic (exact) mass is 256 g/mol. The van der Waals surface area contributed by atoms with Gasteiger partial charge in [0, 0.05) is 13.2 Å². The number of nitrogens with one attached hydrogen (secondary N) is 1. The van der Waals surface area contributed by atoms with Gasteiger partial charge in [-0.2, -0.15) is 0 Å². The zero-order valence-corrected chi connectivity index (χ0v) is 10.8. The molecule has 4 nitrogen and oxygen atoms in total. The smallest absolute Gasteiger partial charge is 0.253 e. The van der Waals surface area contributed by atoms with E-state index in [2.05, 4.69) is 5.32 Å². The van der Waals surface area contributed by atoms with Crippen LogP contribution in [0.5, 0.6) is 0 Å². The highest BCUT2D eigenvalue weighted by molar-refractivity contribution is 6.33. The van der Waals surface area contributed by atoms with Crippen molar-refractivity contribution in [2.24, 2.45) is 0 Å². The average Bonchev–Trinajstić information content (AvgIpc) is 2.30. The number of halogens is 1. The predicted molar refractivity (Wildman–Crippen MR) is 69.3 cm³/mol. The molecule has 1 aromatic rings. The fourth-order valence-electron chi connectivity index (χ4n) is 1.41. The quantitative estimate of drug-likeness (QED) is 0.793. The summed E-state index contributed by atoms with van der Waals surface area (Å²) in [5.74, 6) is -0.239. The third kappa shape index (κ3) is 3.91. The van der Waals surface area contributed by atoms with Gasteiger partial charge in [-0.3, -0.25) is 4.79 Å². The maximum atomic E-state index is 11.8. The standard InChI is InChI=1S/C12H17ClN2O2/c1-3-17-8(2)7-15-12(16)9-5-4-6-10(13)11(9)14/h4-6,8H,3,7,14H2,1-2H3,(H,15,16). The molecule has 1 amide bonds. The number of benzene rings is 1. The van der Waals surface area contributed by atoms with E-state index < -0.39 is 0 Å². The van der Waals surface area contributed by atoms with Crippen LogP contribution < -0.4 is 11.1 Å². The molecular formula is C12H17ClN2O2. The van der Waals surface area contributed by atoms with Crippen LogP contribution in [0.4, 0.5) is 5.69 Å². The number of rotatable bonds is 5. The summed E-state index contributed by atoms with van der Waals surface area (Å²) in [5, 5.41) is 3.13. The summed E-state index contributed by atoms with van der Waals surface area (Å²) >= 11 is 5.84. The first-order valence-corrected chi connectivity index (χ1v) is 5.87. The number of anilines is 1. The molecule has 0 aliphatic rings. The molecule has 0 aliphatic heterocycles. The Hall–Kier alpha value is -1.26. The molecule has 0 fully saturated rings. The zero-order chi connectivity index (χ0) is 12.8. The molecule has 17 heavy (non-hydrogen) atoms. The Morgan fingerprint density at radius 1 is 1.59 bits per heavy atom. The van der Waals surface area contributed by atoms with Gasteiger partial charge >= 0.3 is 0 Å². The van der Waals surface area contributed by atoms with Crippen LogP contribution in [-0.2, 0) is 4.74 Å². The first-order valence-electron chi connectivity index (χ1n) is 5.50. The molecule has 94 valence electrons. The second kappa shape index (κ2) is 6.47. The van der Waals surface area contributed by atoms with Gasteiger partial charge in [-0.05, 0) is 26.0 Å². The van der Waals surface area contributed by atoms with Crippen LogP contribution >= 0.6 is 11.6 Å². The molecule has 5 heteroatoms. The highest BCUT2D eigenvalue weighted by Crippen LogP contribution is 2.22. The lowest BCUT2D eigenvalue weighted by Crippen LogP contribution is -2.32. The van der Waals surface area contributed by atoms with Gasteiger partial charge in [0.15, 0.2) is 0 Å². The molecule has 0 saturated carbocycles. The summed E-state index contributed by atoms with van der Waals surface area (Å²) in [6.45, 7) is 4.87. The number of para-hydroxylation sites is 1. The Bertz CT molecular complexity index is 396. The maximum Gasteiger partial charge on any atom is 0.253 e. The van der Waals surface area contributed by atoms with Gasteiger partial charge in [0.2, 0.25) is 0 Å². The SMILES string of the molecule is CCOC(C)CNC(=O)c1cccc(Cl)c1N. The van der Waals surface area contributed by atoms with Crippen LogP contribution in [0.3, 0.4) is 0 Å². The van der Waals surface area contributed by atoms with E-state index in [1.165, 1.54) is 0 Å². The van der Waals surface area contributed by atoms with Crippen molar-refractivity contribution in [3.05, 3.63) is 28.8 Å². The van der Waals surface area contributed by atoms with Crippen molar-refractivity contribution in [1.82, 2.24) is 5.32 Å². The van der Waals surface area contributed by atoms with Crippen LogP contribution in [0.2, 0.25) is 5.02 Å². The van der Waals surface area contributed by atoms with Crippen molar-refractivity contribution in [3.63, 3.8) is 0 Å². The molecule has 0 aromatic heterocycles. The summed E-state index contributed by atoms with van der Waals surface area (Å²) in [6, 6.07) is 4.98. The molecule has 0 aliphatic carbocycles. The first kappa shape index (κ1) is 13.8. The maximum absolute atomic E-state index is 11.8. The Morgan fingerprint density at radius 2 is 2.29 bits per heavy atom. The Morgan fingerprint density at radius 3 is 2.94 bits per heavy atom. The summed E-state index contributed by atoms with van der Waals surface area (Å²) < 4.78 is 5.31. The van der Waals surface area contributed by atoms with E-state index in [4.69, 9.17) is 22.1 Å². The molecule has 0 spiro atoms. The third-order valence-electron chi connectivity index (χ3n) is 2.30. The van der Waals surface area contributed by atoms with Crippen LogP contribution in [0.1, 0.15) is 24.2 Å². The molecule has 0 bridgehead atoms. The highest BCUT2D eigenvalue weighted by atomic mass is 35.5. The lowest BCUT2D eigenvalue weighted by Gasteiger charge is -2.13. The summed E-state index contributed by atoms with van der Waals surface area (Å²) in [5.41, 5.74) is 6.42. The van der Waals surface area contributed by atoms with Gasteiger partial charge < -0.3 is 15.8 Å². The van der Waals surface area contributed by atoms with E-state index in [1.54, 1.807) is 18.2 Å². The summed E-state index contributed by atoms with van der Waals surface area (Å²) in [6.07, 6.45) is -0.0237. The summed E-state index contributed by atoms with van der Waals surface area (Å²) in [4.78, 5) is 11.8. The van der Waals surface area contributed by atoms with Gasteiger partial charge in [-0.15, -0.1) is 0 Å². The van der Waals surface area contributed by atoms with Crippen molar-refractivity contribution < 1.29 is 9.53 Å². The fraction of sp³-hybridized carbons (Fsp3) is 0.417. The normalized spacial score (nSPS) is 12.2. The second-order valence-corrected chi connectivity index (χ2v) is 4.08. The largest absolute Gasteiger partial charge is 0.397 e. The number of carbonyl (C=O) groups is 1. The molecule has 0 radical (unpaired) electrons. The summed E-state index contributed by atoms with van der Waals surface area (Å²) in [7, 11) is 0. The van der Waals surface area contributed by atoms with E-state index in [1.807, 2.05) is 13.8 Å². The van der Waals surface area contributed by atoms with Crippen molar-refractivity contribution >= 4 is 23.2 Å². The van der Waals surface area contributed by atoms with Gasteiger partial charge in [-0.1, -0.05) is 17.7 Å². The second-order valence-electron chi connectivity index (χ2n) is 3.68. The highest BCUT2D eigenvalue weighted by Gasteiger charge is 2.12. The van der Waals surface area contributed by atoms with E-state index in [0.717, 1.165) is 0 Å². The van der Waals surface area contributed by atoms with E-state index >= 15 is 0 Å². The third-order valence-corrected chi connectivity index (χ3v) is 2.63. The van der Waals surface area contributed by atoms with Crippen LogP contribution in [0.15, 0.2) is 18.2 Å². The van der Waals surface area contributed by atoms with Crippen molar-refractivity contribution in [2.45, 2.75) is 20.0 Å². The minimum atomic E-state index is -0.239. The van der Waals surface area contributed by atoms with Crippen LogP contribution in [0, 0.1) is 0 Å². The predicted octanol–water partition coefficient (Wildman–Crippen LogP) is 2.08. The molecule has 0 heterocycles. The van der Waals surface area contributed by atoms with E-state index in [0.29, 0.717) is 29.4 Å². The number of hydrogen-bond donors (Lipinski definition) is 2. The minimum Gasteiger partial charge on any atom is -0.397 e. The Kier molecular flexibility index (Phi) is 5.25. The molecule has 3 N–H and O–H groups in total. The van der Waals surface area contributed by atoms with Crippen molar-refractivity contribution in [3.8, 4) is 0 Å². The van der Waals surface area contributed by atoms with Crippen molar-refractivity contribution in [2.75, 3.05) is 18.9 Å². The molecule has 1 unspecified atom stereocenters. The van der Waals surface area contributed by atoms with Crippen LogP contribution in [-0.4, -0.2) is 25.2 Å². The van der Waals surface area contributed by atoms with Crippen molar-refractivity contribution in [1.29, 1.82) is 0 Å². The fourth-order valence-corrected chi connectivity index (χ4v) is 1.58. The van der Waals surface area contributed by atoms with Crippen LogP contribution in [0.25, 0.3) is 0 Å². The topological polar surface area (TPSA) is 64.3 Å². The minimum absolute atomic E-state index is 0.0237. The molecule has 1 rings (SSSR count). The number of amides is 1. The Balaban J connectivity index is 2.61. The number of nitrogen functional groups attached to an aromatic ring is 1. The van der Waals surface area contributed by atoms with Gasteiger partial charge in [-0.25, -0.2) is 0 Å². The van der Waals surface area contributed by atoms with Gasteiger partial charge in [0.1, 0.15) is 0 Å².